The van der Waals surface area contributed by atoms with Crippen molar-refractivity contribution < 1.29 is 22.4 Å². The Kier molecular flexibility index (Phi) is 6.27. The van der Waals surface area contributed by atoms with E-state index in [9.17, 15) is 22.4 Å². The predicted octanol–water partition coefficient (Wildman–Crippen LogP) is 4.29. The molecule has 2 heterocycles. The molecule has 6 nitrogen and oxygen atoms in total. The molecule has 36 heavy (non-hydrogen) atoms. The van der Waals surface area contributed by atoms with E-state index in [4.69, 9.17) is 5.73 Å². The van der Waals surface area contributed by atoms with Crippen LogP contribution in [0.25, 0.3) is 16.9 Å². The van der Waals surface area contributed by atoms with Crippen LogP contribution in [0.15, 0.2) is 60.7 Å². The highest BCUT2D eigenvalue weighted by Gasteiger charge is 2.28. The summed E-state index contributed by atoms with van der Waals surface area (Å²) in [7, 11) is 0. The minimum Gasteiger partial charge on any atom is -0.332 e. The monoisotopic (exact) mass is 495 g/mol. The number of nitrogens with zero attached hydrogens (tertiary/aromatic N) is 4. The third kappa shape index (κ3) is 4.59. The molecule has 0 aliphatic carbocycles. The number of rotatable bonds is 5. The Labute approximate surface area is 204 Å². The lowest BCUT2D eigenvalue weighted by atomic mass is 10.0. The second kappa shape index (κ2) is 9.54. The highest BCUT2D eigenvalue weighted by atomic mass is 19.2. The summed E-state index contributed by atoms with van der Waals surface area (Å²) < 4.78 is 56.0. The number of benzene rings is 3. The highest BCUT2D eigenvalue weighted by Crippen LogP contribution is 2.30. The molecule has 4 aromatic rings. The van der Waals surface area contributed by atoms with Gasteiger partial charge in [-0.3, -0.25) is 4.79 Å². The molecule has 184 valence electrons. The first-order valence-corrected chi connectivity index (χ1v) is 11.3. The van der Waals surface area contributed by atoms with Crippen LogP contribution in [-0.4, -0.2) is 31.8 Å². The predicted molar refractivity (Wildman–Crippen MR) is 124 cm³/mol. The van der Waals surface area contributed by atoms with Crippen LogP contribution in [0.5, 0.6) is 0 Å². The van der Waals surface area contributed by atoms with Crippen molar-refractivity contribution in [2.45, 2.75) is 32.0 Å². The van der Waals surface area contributed by atoms with Gasteiger partial charge in [-0.2, -0.15) is 0 Å². The van der Waals surface area contributed by atoms with E-state index in [2.05, 4.69) is 10.3 Å². The Morgan fingerprint density at radius 2 is 1.67 bits per heavy atom. The van der Waals surface area contributed by atoms with Crippen LogP contribution in [0.1, 0.15) is 23.2 Å². The van der Waals surface area contributed by atoms with Crippen LogP contribution >= 0.6 is 0 Å². The van der Waals surface area contributed by atoms with Crippen molar-refractivity contribution in [1.29, 1.82) is 0 Å². The maximum atomic E-state index is 14.1. The van der Waals surface area contributed by atoms with E-state index in [0.717, 1.165) is 17.3 Å². The molecule has 0 fully saturated rings. The highest BCUT2D eigenvalue weighted by molar-refractivity contribution is 5.77. The number of amides is 1. The SMILES string of the molecule is N[C@@H](CC(=O)N1Cc2ccccc2-n2nnc(-c3ccc(F)cc3)c2C1)Cc1cc(F)c(F)cc1F. The van der Waals surface area contributed by atoms with Crippen molar-refractivity contribution in [3.63, 3.8) is 0 Å². The number of aromatic nitrogens is 3. The lowest BCUT2D eigenvalue weighted by Crippen LogP contribution is -2.36. The lowest BCUT2D eigenvalue weighted by molar-refractivity contribution is -0.132. The molecule has 0 radical (unpaired) electrons. The van der Waals surface area contributed by atoms with E-state index in [0.29, 0.717) is 23.0 Å². The summed E-state index contributed by atoms with van der Waals surface area (Å²) in [5.41, 5.74) is 9.41. The van der Waals surface area contributed by atoms with E-state index >= 15 is 0 Å². The summed E-state index contributed by atoms with van der Waals surface area (Å²) in [6, 6.07) is 13.7. The zero-order valence-corrected chi connectivity index (χ0v) is 19.0. The Morgan fingerprint density at radius 3 is 2.44 bits per heavy atom. The number of hydrogen-bond acceptors (Lipinski definition) is 4. The molecule has 1 aliphatic rings. The second-order valence-electron chi connectivity index (χ2n) is 8.71. The third-order valence-electron chi connectivity index (χ3n) is 6.16. The average Bonchev–Trinajstić information content (AvgIpc) is 3.18. The van der Waals surface area contributed by atoms with Crippen molar-refractivity contribution in [2.24, 2.45) is 5.73 Å². The summed E-state index contributed by atoms with van der Waals surface area (Å²) >= 11 is 0. The number of hydrogen-bond donors (Lipinski definition) is 1. The lowest BCUT2D eigenvalue weighted by Gasteiger charge is -2.23. The van der Waals surface area contributed by atoms with Gasteiger partial charge in [0.2, 0.25) is 5.91 Å². The number of carbonyl (C=O) groups is 1. The molecule has 0 unspecified atom stereocenters. The molecule has 2 N–H and O–H groups in total. The first-order chi connectivity index (χ1) is 17.3. The van der Waals surface area contributed by atoms with Gasteiger partial charge in [-0.1, -0.05) is 23.4 Å². The largest absolute Gasteiger partial charge is 0.332 e. The summed E-state index contributed by atoms with van der Waals surface area (Å²) in [6.45, 7) is 0.424. The molecule has 0 saturated carbocycles. The van der Waals surface area contributed by atoms with Gasteiger partial charge in [-0.25, -0.2) is 22.2 Å². The normalized spacial score (nSPS) is 13.6. The van der Waals surface area contributed by atoms with Crippen molar-refractivity contribution in [1.82, 2.24) is 19.9 Å². The molecular weight excluding hydrogens is 474 g/mol. The molecule has 1 amide bonds. The van der Waals surface area contributed by atoms with Gasteiger partial charge < -0.3 is 10.6 Å². The number of fused-ring (bicyclic) bond motifs is 3. The minimum absolute atomic E-state index is 0.101. The molecule has 3 aromatic carbocycles. The Hall–Kier alpha value is -4.05. The number of halogens is 4. The Bertz CT molecular complexity index is 1440. The quantitative estimate of drug-likeness (QED) is 0.331. The van der Waals surface area contributed by atoms with Crippen LogP contribution in [0.2, 0.25) is 0 Å². The van der Waals surface area contributed by atoms with E-state index < -0.39 is 23.5 Å². The molecule has 10 heteroatoms. The fraction of sp³-hybridized carbons (Fsp3) is 0.192. The second-order valence-corrected chi connectivity index (χ2v) is 8.71. The molecule has 0 bridgehead atoms. The maximum absolute atomic E-state index is 14.1. The summed E-state index contributed by atoms with van der Waals surface area (Å²) in [5, 5.41) is 8.59. The van der Waals surface area contributed by atoms with E-state index in [1.807, 2.05) is 24.3 Å². The zero-order valence-electron chi connectivity index (χ0n) is 19.0. The maximum Gasteiger partial charge on any atom is 0.224 e. The van der Waals surface area contributed by atoms with Gasteiger partial charge in [0.1, 0.15) is 17.3 Å². The molecule has 1 atom stereocenters. The molecule has 5 rings (SSSR count). The van der Waals surface area contributed by atoms with Crippen LogP contribution in [-0.2, 0) is 24.3 Å². The van der Waals surface area contributed by atoms with Crippen molar-refractivity contribution in [3.05, 3.63) is 101 Å². The van der Waals surface area contributed by atoms with Gasteiger partial charge in [-0.15, -0.1) is 5.10 Å². The summed E-state index contributed by atoms with van der Waals surface area (Å²) in [4.78, 5) is 14.9. The van der Waals surface area contributed by atoms with E-state index in [-0.39, 0.29) is 43.2 Å². The van der Waals surface area contributed by atoms with Gasteiger partial charge in [-0.05, 0) is 53.9 Å². The Balaban J connectivity index is 1.42. The van der Waals surface area contributed by atoms with Gasteiger partial charge >= 0.3 is 0 Å². The zero-order chi connectivity index (χ0) is 25.4. The van der Waals surface area contributed by atoms with Crippen molar-refractivity contribution in [3.8, 4) is 16.9 Å². The Morgan fingerprint density at radius 1 is 0.944 bits per heavy atom. The third-order valence-corrected chi connectivity index (χ3v) is 6.16. The summed E-state index contributed by atoms with van der Waals surface area (Å²) in [6.07, 6.45) is -0.284. The first kappa shape index (κ1) is 23.7. The minimum atomic E-state index is -1.29. The number of carbonyl (C=O) groups excluding carboxylic acids is 1. The van der Waals surface area contributed by atoms with E-state index in [1.54, 1.807) is 21.7 Å². The number of nitrogens with two attached hydrogens (primary N) is 1. The fourth-order valence-electron chi connectivity index (χ4n) is 4.37. The van der Waals surface area contributed by atoms with Crippen LogP contribution in [0, 0.1) is 23.3 Å². The standard InChI is InChI=1S/C26H21F4N5O/c27-18-7-5-15(6-8-18)26-24-14-34(13-16-3-1-2-4-23(16)35(24)33-32-26)25(36)11-19(31)9-17-10-21(29)22(30)12-20(17)28/h1-8,10,12,19H,9,11,13-14,31H2/t19-/m1/s1. The first-order valence-electron chi connectivity index (χ1n) is 11.3. The van der Waals surface area contributed by atoms with Crippen molar-refractivity contribution in [2.75, 3.05) is 0 Å². The number of para-hydroxylation sites is 1. The molecule has 0 saturated heterocycles. The van der Waals surface area contributed by atoms with Crippen LogP contribution < -0.4 is 5.73 Å². The van der Waals surface area contributed by atoms with Gasteiger partial charge in [0.25, 0.3) is 0 Å². The average molecular weight is 495 g/mol. The van der Waals surface area contributed by atoms with Gasteiger partial charge in [0, 0.05) is 30.6 Å². The van der Waals surface area contributed by atoms with Gasteiger partial charge in [0.05, 0.1) is 17.9 Å². The summed E-state index contributed by atoms with van der Waals surface area (Å²) in [5.74, 6) is -4.07. The fourth-order valence-corrected chi connectivity index (χ4v) is 4.37. The molecule has 1 aliphatic heterocycles. The molecule has 0 spiro atoms. The molecule has 1 aromatic heterocycles. The topological polar surface area (TPSA) is 77.0 Å². The van der Waals surface area contributed by atoms with E-state index in [1.165, 1.54) is 12.1 Å². The van der Waals surface area contributed by atoms with Gasteiger partial charge in [0.15, 0.2) is 11.6 Å². The van der Waals surface area contributed by atoms with Crippen LogP contribution in [0.3, 0.4) is 0 Å². The van der Waals surface area contributed by atoms with Crippen LogP contribution in [0.4, 0.5) is 17.6 Å². The smallest absolute Gasteiger partial charge is 0.224 e. The molecular formula is C26H21F4N5O. The van der Waals surface area contributed by atoms with Crippen molar-refractivity contribution >= 4 is 5.91 Å².